The number of aliphatic hydroxyl groups is 1. The number of anilines is 2. The zero-order valence-corrected chi connectivity index (χ0v) is 37.3. The number of aromatic nitrogens is 4. The van der Waals surface area contributed by atoms with E-state index in [9.17, 15) is 24.3 Å². The number of primary amides is 1. The summed E-state index contributed by atoms with van der Waals surface area (Å²) in [6, 6.07) is 13.1. The minimum atomic E-state index is -0.988. The van der Waals surface area contributed by atoms with Gasteiger partial charge in [0.05, 0.1) is 80.8 Å². The number of nitrogens with two attached hydrogens (primary N) is 1. The number of carbonyl (C=O) groups is 4. The molecule has 1 saturated heterocycles. The Morgan fingerprint density at radius 1 is 0.984 bits per heavy atom. The van der Waals surface area contributed by atoms with Crippen LogP contribution in [0.15, 0.2) is 72.8 Å². The van der Waals surface area contributed by atoms with E-state index in [1.165, 1.54) is 28.7 Å². The zero-order valence-electron chi connectivity index (χ0n) is 36.5. The first kappa shape index (κ1) is 47.4. The number of hydrogen-bond donors (Lipinski definition) is 4. The largest absolute Gasteiger partial charge is 0.497 e. The number of rotatable bonds is 22. The van der Waals surface area contributed by atoms with Crippen molar-refractivity contribution in [2.75, 3.05) is 65.0 Å². The lowest BCUT2D eigenvalue weighted by Gasteiger charge is -2.35. The number of methoxy groups -OCH3 is 1. The molecule has 6 rings (SSSR count). The van der Waals surface area contributed by atoms with E-state index in [2.05, 4.69) is 25.6 Å². The number of imidazole rings is 1. The molecule has 3 atom stereocenters. The predicted octanol–water partition coefficient (Wildman–Crippen LogP) is 3.20. The molecule has 1 aliphatic heterocycles. The summed E-state index contributed by atoms with van der Waals surface area (Å²) in [6.45, 7) is 8.45. The summed E-state index contributed by atoms with van der Waals surface area (Å²) in [4.78, 5) is 73.7. The van der Waals surface area contributed by atoms with Gasteiger partial charge in [-0.15, -0.1) is 11.3 Å². The van der Waals surface area contributed by atoms with E-state index in [0.29, 0.717) is 22.9 Å². The molecule has 1 aliphatic rings. The van der Waals surface area contributed by atoms with Gasteiger partial charge in [0.15, 0.2) is 11.5 Å². The molecule has 0 saturated carbocycles. The first-order valence-corrected chi connectivity index (χ1v) is 21.6. The molecule has 4 heterocycles. The Morgan fingerprint density at radius 3 is 2.38 bits per heavy atom. The van der Waals surface area contributed by atoms with Crippen molar-refractivity contribution in [3.8, 4) is 16.2 Å². The van der Waals surface area contributed by atoms with Crippen molar-refractivity contribution in [1.29, 1.82) is 0 Å². The molecule has 20 heteroatoms. The molecule has 5 N–H and O–H groups in total. The monoisotopic (exact) mass is 901 g/mol. The van der Waals surface area contributed by atoms with Crippen LogP contribution in [0.3, 0.4) is 0 Å². The number of aryl methyl sites for hydroxylation is 1. The smallest absolute Gasteiger partial charge is 0.254 e. The summed E-state index contributed by atoms with van der Waals surface area (Å²) < 4.78 is 23.8. The van der Waals surface area contributed by atoms with E-state index >= 15 is 0 Å². The molecule has 342 valence electrons. The van der Waals surface area contributed by atoms with Crippen LogP contribution in [0.1, 0.15) is 48.8 Å². The number of hydrogen-bond acceptors (Lipinski definition) is 15. The van der Waals surface area contributed by atoms with Crippen molar-refractivity contribution < 1.29 is 48.1 Å². The van der Waals surface area contributed by atoms with Crippen LogP contribution in [-0.4, -0.2) is 131 Å². The van der Waals surface area contributed by atoms with Crippen molar-refractivity contribution >= 4 is 52.1 Å². The van der Waals surface area contributed by atoms with Crippen molar-refractivity contribution in [3.63, 3.8) is 0 Å². The van der Waals surface area contributed by atoms with E-state index in [4.69, 9.17) is 29.5 Å². The number of thiazole rings is 1. The second-order valence-electron chi connectivity index (χ2n) is 16.0. The number of nitrogens with one attached hydrogen (secondary N) is 2. The van der Waals surface area contributed by atoms with Gasteiger partial charge in [-0.2, -0.15) is 0 Å². The number of aliphatic hydroxyl groups excluding tert-OH is 1. The molecule has 3 aromatic heterocycles. The minimum absolute atomic E-state index is 0.0318. The summed E-state index contributed by atoms with van der Waals surface area (Å²) in [7, 11) is 1.56. The highest BCUT2D eigenvalue weighted by molar-refractivity contribution is 7.13. The van der Waals surface area contributed by atoms with Crippen molar-refractivity contribution in [1.82, 2.24) is 34.9 Å². The van der Waals surface area contributed by atoms with E-state index in [-0.39, 0.29) is 77.2 Å². The highest BCUT2D eigenvalue weighted by atomic mass is 32.1. The van der Waals surface area contributed by atoms with Gasteiger partial charge >= 0.3 is 0 Å². The Morgan fingerprint density at radius 2 is 1.70 bits per heavy atom. The lowest BCUT2D eigenvalue weighted by atomic mass is 9.85. The van der Waals surface area contributed by atoms with Gasteiger partial charge in [-0.3, -0.25) is 28.4 Å². The van der Waals surface area contributed by atoms with Gasteiger partial charge in [0.25, 0.3) is 5.91 Å². The molecule has 0 radical (unpaired) electrons. The third-order valence-electron chi connectivity index (χ3n) is 10.3. The van der Waals surface area contributed by atoms with Crippen molar-refractivity contribution in [3.05, 3.63) is 89.6 Å². The maximum absolute atomic E-state index is 13.9. The van der Waals surface area contributed by atoms with Gasteiger partial charge < -0.3 is 45.3 Å². The van der Waals surface area contributed by atoms with Crippen LogP contribution in [0.25, 0.3) is 16.1 Å². The summed E-state index contributed by atoms with van der Waals surface area (Å²) in [5, 5.41) is 17.8. The Labute approximate surface area is 374 Å². The molecule has 19 nitrogen and oxygen atoms in total. The Hall–Kier alpha value is -6.03. The molecule has 5 aromatic rings. The number of ether oxygens (including phenoxy) is 4. The highest BCUT2D eigenvalue weighted by Crippen LogP contribution is 2.31. The second kappa shape index (κ2) is 22.0. The molecular weight excluding hydrogens is 847 g/mol. The van der Waals surface area contributed by atoms with Crippen LogP contribution in [0.2, 0.25) is 0 Å². The quantitative estimate of drug-likeness (QED) is 0.0577. The molecule has 0 aliphatic carbocycles. The van der Waals surface area contributed by atoms with Crippen LogP contribution in [0.4, 0.5) is 11.5 Å². The number of nitrogens with zero attached hydrogens (tertiary/aromatic N) is 6. The zero-order chi connectivity index (χ0) is 45.8. The first-order valence-electron chi connectivity index (χ1n) is 20.7. The Bertz CT molecular complexity index is 2370. The molecular formula is C44H55N9O10S. The molecule has 64 heavy (non-hydrogen) atoms. The summed E-state index contributed by atoms with van der Waals surface area (Å²) in [6.07, 6.45) is 3.59. The SMILES string of the molecule is COc1cccc(N(OCCOCCOCCOCC(=O)N[C@H](C(=O)N2C[C@H](O)C[C@H]2C(=O)NCc2ccc(-c3scnc3C)cc2)C(C)(C)C)c2cnc3c(C(N)=O)cncn23)c1. The van der Waals surface area contributed by atoms with Crippen LogP contribution in [-0.2, 0) is 40.0 Å². The van der Waals surface area contributed by atoms with Crippen LogP contribution < -0.4 is 26.2 Å². The van der Waals surface area contributed by atoms with Gasteiger partial charge in [-0.1, -0.05) is 51.1 Å². The van der Waals surface area contributed by atoms with E-state index in [1.807, 2.05) is 64.1 Å². The topological polar surface area (TPSA) is 234 Å². The average Bonchev–Trinajstić information content (AvgIpc) is 4.02. The van der Waals surface area contributed by atoms with Crippen LogP contribution in [0.5, 0.6) is 5.75 Å². The maximum Gasteiger partial charge on any atom is 0.254 e. The van der Waals surface area contributed by atoms with Crippen molar-refractivity contribution in [2.24, 2.45) is 11.1 Å². The number of fused-ring (bicyclic) bond motifs is 1. The molecule has 0 bridgehead atoms. The van der Waals surface area contributed by atoms with Gasteiger partial charge in [0.1, 0.15) is 36.3 Å². The number of carbonyl (C=O) groups excluding carboxylic acids is 4. The summed E-state index contributed by atoms with van der Waals surface area (Å²) in [5.74, 6) is -0.949. The molecule has 4 amide bonds. The van der Waals surface area contributed by atoms with E-state index in [0.717, 1.165) is 21.7 Å². The predicted molar refractivity (Wildman–Crippen MR) is 237 cm³/mol. The first-order chi connectivity index (χ1) is 30.7. The average molecular weight is 902 g/mol. The standard InChI is InChI=1S/C44H55N9O10S/c1-28-38(64-27-49-28)30-11-9-29(10-12-30)21-48-42(57)35-20-32(54)24-51(35)43(58)39(44(2,3)4)50-36(55)25-62-16-15-60-13-14-61-17-18-63-53(31-7-6-8-33(19-31)59-5)37-23-47-41-34(40(45)56)22-46-26-52(37)41/h6-12,19,22-23,26-27,32,35,39,54H,13-18,20-21,24-25H2,1-5H3,(H2,45,56)(H,48,57)(H,50,55)/t32-,35+,39-/m1/s1. The van der Waals surface area contributed by atoms with Gasteiger partial charge in [-0.25, -0.2) is 20.0 Å². The minimum Gasteiger partial charge on any atom is -0.497 e. The lowest BCUT2D eigenvalue weighted by Crippen LogP contribution is -2.58. The fraction of sp³-hybridized carbons (Fsp3) is 0.432. The summed E-state index contributed by atoms with van der Waals surface area (Å²) in [5.41, 5.74) is 10.6. The van der Waals surface area contributed by atoms with Gasteiger partial charge in [-0.05, 0) is 35.6 Å². The van der Waals surface area contributed by atoms with E-state index < -0.39 is 41.3 Å². The maximum atomic E-state index is 13.9. The lowest BCUT2D eigenvalue weighted by molar-refractivity contribution is -0.144. The second-order valence-corrected chi connectivity index (χ2v) is 16.9. The number of likely N-dealkylation sites (tertiary alicyclic amines) is 1. The van der Waals surface area contributed by atoms with Gasteiger partial charge in [0, 0.05) is 31.8 Å². The summed E-state index contributed by atoms with van der Waals surface area (Å²) >= 11 is 1.57. The molecule has 0 spiro atoms. The molecule has 2 aromatic carbocycles. The van der Waals surface area contributed by atoms with Crippen molar-refractivity contribution in [2.45, 2.75) is 58.8 Å². The number of β-amino-alcohol motifs (C(OH)–C–C–N with tert-alkyl or cyclic N) is 1. The van der Waals surface area contributed by atoms with E-state index in [1.54, 1.807) is 40.5 Å². The Kier molecular flexibility index (Phi) is 16.3. The fourth-order valence-electron chi connectivity index (χ4n) is 7.01. The Balaban J connectivity index is 0.900. The fourth-order valence-corrected chi connectivity index (χ4v) is 7.82. The normalized spacial score (nSPS) is 15.6. The number of amides is 4. The molecule has 0 unspecified atom stereocenters. The van der Waals surface area contributed by atoms with Crippen LogP contribution in [0, 0.1) is 12.3 Å². The number of benzene rings is 2. The van der Waals surface area contributed by atoms with Gasteiger partial charge in [0.2, 0.25) is 17.7 Å². The molecule has 1 fully saturated rings. The third kappa shape index (κ3) is 12.2. The third-order valence-corrected chi connectivity index (χ3v) is 11.3. The van der Waals surface area contributed by atoms with Crippen LogP contribution >= 0.6 is 11.3 Å². The highest BCUT2D eigenvalue weighted by Gasteiger charge is 2.44.